The lowest BCUT2D eigenvalue weighted by atomic mass is 10.0. The summed E-state index contributed by atoms with van der Waals surface area (Å²) < 4.78 is 5.37. The van der Waals surface area contributed by atoms with Crippen molar-refractivity contribution in [2.45, 2.75) is 57.9 Å². The number of carbonyl (C=O) groups excluding carboxylic acids is 1. The van der Waals surface area contributed by atoms with E-state index in [9.17, 15) is 4.79 Å². The monoisotopic (exact) mass is 344 g/mol. The summed E-state index contributed by atoms with van der Waals surface area (Å²) >= 11 is 7.27. The van der Waals surface area contributed by atoms with Gasteiger partial charge in [-0.1, -0.05) is 44.7 Å². The van der Waals surface area contributed by atoms with Crippen molar-refractivity contribution in [1.82, 2.24) is 9.97 Å². The van der Waals surface area contributed by atoms with Crippen LogP contribution in [0.25, 0.3) is 0 Å². The van der Waals surface area contributed by atoms with Gasteiger partial charge in [0.25, 0.3) is 0 Å². The summed E-state index contributed by atoms with van der Waals surface area (Å²) in [5.41, 5.74) is 0.788. The number of thioether (sulfide) groups is 1. The number of aryl methyl sites for hydroxylation is 1. The van der Waals surface area contributed by atoms with Crippen LogP contribution in [0.15, 0.2) is 11.2 Å². The van der Waals surface area contributed by atoms with Crippen LogP contribution in [0.1, 0.15) is 51.6 Å². The van der Waals surface area contributed by atoms with Crippen LogP contribution in [-0.4, -0.2) is 28.3 Å². The molecule has 1 heterocycles. The first-order valence-corrected chi connectivity index (χ1v) is 9.20. The van der Waals surface area contributed by atoms with Crippen molar-refractivity contribution < 1.29 is 9.53 Å². The highest BCUT2D eigenvalue weighted by molar-refractivity contribution is 7.99. The Morgan fingerprint density at radius 3 is 2.86 bits per heavy atom. The highest BCUT2D eigenvalue weighted by atomic mass is 35.5. The molecule has 0 aliphatic rings. The van der Waals surface area contributed by atoms with Gasteiger partial charge < -0.3 is 4.74 Å². The standard InChI is InChI=1S/C16H25ClN2O2S/c1-4-6-7-13(5-2)11-21-15(20)8-9-22-16-12(3)19-14(17)10-18-16/h10,13H,4-9,11H2,1-3H3. The third-order valence-electron chi connectivity index (χ3n) is 3.44. The van der Waals surface area contributed by atoms with Crippen LogP contribution in [0.3, 0.4) is 0 Å². The lowest BCUT2D eigenvalue weighted by molar-refractivity contribution is -0.144. The van der Waals surface area contributed by atoms with Crippen LogP contribution in [0.4, 0.5) is 0 Å². The normalized spacial score (nSPS) is 12.2. The van der Waals surface area contributed by atoms with E-state index in [-0.39, 0.29) is 5.97 Å². The van der Waals surface area contributed by atoms with Crippen LogP contribution in [0, 0.1) is 12.8 Å². The molecule has 0 bridgehead atoms. The maximum atomic E-state index is 11.8. The van der Waals surface area contributed by atoms with Gasteiger partial charge >= 0.3 is 5.97 Å². The molecule has 4 nitrogen and oxygen atoms in total. The van der Waals surface area contributed by atoms with E-state index in [1.807, 2.05) is 6.92 Å². The largest absolute Gasteiger partial charge is 0.465 e. The molecule has 1 aromatic rings. The van der Waals surface area contributed by atoms with Gasteiger partial charge in [0.15, 0.2) is 0 Å². The van der Waals surface area contributed by atoms with Gasteiger partial charge in [0.2, 0.25) is 0 Å². The van der Waals surface area contributed by atoms with Gasteiger partial charge in [-0.05, 0) is 19.3 Å². The minimum Gasteiger partial charge on any atom is -0.465 e. The molecule has 0 saturated heterocycles. The smallest absolute Gasteiger partial charge is 0.306 e. The first-order valence-electron chi connectivity index (χ1n) is 7.84. The molecule has 1 aromatic heterocycles. The fraction of sp³-hybridized carbons (Fsp3) is 0.688. The van der Waals surface area contributed by atoms with Gasteiger partial charge in [0.05, 0.1) is 24.9 Å². The summed E-state index contributed by atoms with van der Waals surface area (Å²) in [6, 6.07) is 0. The third kappa shape index (κ3) is 7.45. The lowest BCUT2D eigenvalue weighted by Crippen LogP contribution is -2.14. The van der Waals surface area contributed by atoms with E-state index in [1.165, 1.54) is 30.8 Å². The van der Waals surface area contributed by atoms with E-state index in [0.717, 1.165) is 23.6 Å². The van der Waals surface area contributed by atoms with Gasteiger partial charge in [0.1, 0.15) is 10.2 Å². The minimum atomic E-state index is -0.137. The lowest BCUT2D eigenvalue weighted by Gasteiger charge is -2.14. The first-order chi connectivity index (χ1) is 10.6. The molecule has 22 heavy (non-hydrogen) atoms. The molecular formula is C16H25ClN2O2S. The Balaban J connectivity index is 2.25. The highest BCUT2D eigenvalue weighted by Gasteiger charge is 2.11. The second kappa shape index (κ2) is 10.8. The number of esters is 1. The molecule has 0 amide bonds. The predicted octanol–water partition coefficient (Wildman–Crippen LogP) is 4.68. The Hall–Kier alpha value is -0.810. The Labute approximate surface area is 142 Å². The van der Waals surface area contributed by atoms with E-state index >= 15 is 0 Å². The SMILES string of the molecule is CCCCC(CC)COC(=O)CCSc1ncc(Cl)nc1C. The van der Waals surface area contributed by atoms with E-state index < -0.39 is 0 Å². The van der Waals surface area contributed by atoms with E-state index in [4.69, 9.17) is 16.3 Å². The van der Waals surface area contributed by atoms with Crippen molar-refractivity contribution in [3.8, 4) is 0 Å². The number of halogens is 1. The number of hydrogen-bond donors (Lipinski definition) is 0. The number of carbonyl (C=O) groups is 1. The molecule has 0 spiro atoms. The molecule has 0 radical (unpaired) electrons. The zero-order valence-corrected chi connectivity index (χ0v) is 15.2. The van der Waals surface area contributed by atoms with Crippen molar-refractivity contribution in [3.05, 3.63) is 17.0 Å². The number of unbranched alkanes of at least 4 members (excludes halogenated alkanes) is 1. The van der Waals surface area contributed by atoms with Gasteiger partial charge in [0, 0.05) is 5.75 Å². The zero-order valence-electron chi connectivity index (χ0n) is 13.6. The molecule has 1 unspecified atom stereocenters. The highest BCUT2D eigenvalue weighted by Crippen LogP contribution is 2.20. The van der Waals surface area contributed by atoms with Crippen LogP contribution < -0.4 is 0 Å². The second-order valence-electron chi connectivity index (χ2n) is 5.28. The quantitative estimate of drug-likeness (QED) is 0.455. The molecule has 1 rings (SSSR count). The van der Waals surface area contributed by atoms with E-state index in [2.05, 4.69) is 23.8 Å². The summed E-state index contributed by atoms with van der Waals surface area (Å²) in [4.78, 5) is 20.1. The molecule has 0 saturated carbocycles. The van der Waals surface area contributed by atoms with E-state index in [0.29, 0.717) is 29.9 Å². The molecule has 0 aliphatic heterocycles. The summed E-state index contributed by atoms with van der Waals surface area (Å²) in [5.74, 6) is 0.991. The number of hydrogen-bond acceptors (Lipinski definition) is 5. The molecule has 0 aromatic carbocycles. The van der Waals surface area contributed by atoms with Gasteiger partial charge in [-0.25, -0.2) is 9.97 Å². The molecule has 124 valence electrons. The van der Waals surface area contributed by atoms with Crippen molar-refractivity contribution in [2.75, 3.05) is 12.4 Å². The second-order valence-corrected chi connectivity index (χ2v) is 6.75. The van der Waals surface area contributed by atoms with Crippen molar-refractivity contribution in [2.24, 2.45) is 5.92 Å². The van der Waals surface area contributed by atoms with Crippen LogP contribution >= 0.6 is 23.4 Å². The fourth-order valence-electron chi connectivity index (χ4n) is 2.00. The number of aromatic nitrogens is 2. The average molecular weight is 345 g/mol. The molecule has 0 N–H and O–H groups in total. The zero-order chi connectivity index (χ0) is 16.4. The summed E-state index contributed by atoms with van der Waals surface area (Å²) in [6.45, 7) is 6.72. The van der Waals surface area contributed by atoms with Gasteiger partial charge in [-0.2, -0.15) is 0 Å². The molecular weight excluding hydrogens is 320 g/mol. The Morgan fingerprint density at radius 2 is 2.23 bits per heavy atom. The maximum Gasteiger partial charge on any atom is 0.306 e. The molecule has 1 atom stereocenters. The Bertz CT molecular complexity index is 471. The number of nitrogens with zero attached hydrogens (tertiary/aromatic N) is 2. The van der Waals surface area contributed by atoms with Crippen LogP contribution in [0.2, 0.25) is 5.15 Å². The minimum absolute atomic E-state index is 0.137. The third-order valence-corrected chi connectivity index (χ3v) is 4.71. The average Bonchev–Trinajstić information content (AvgIpc) is 2.49. The molecule has 0 fully saturated rings. The Morgan fingerprint density at radius 1 is 1.45 bits per heavy atom. The maximum absolute atomic E-state index is 11.8. The van der Waals surface area contributed by atoms with Crippen LogP contribution in [0.5, 0.6) is 0 Å². The summed E-state index contributed by atoms with van der Waals surface area (Å²) in [6.07, 6.45) is 6.48. The van der Waals surface area contributed by atoms with Gasteiger partial charge in [-0.15, -0.1) is 11.8 Å². The Kier molecular flexibility index (Phi) is 9.48. The number of rotatable bonds is 10. The topological polar surface area (TPSA) is 52.1 Å². The van der Waals surface area contributed by atoms with Crippen LogP contribution in [-0.2, 0) is 9.53 Å². The van der Waals surface area contributed by atoms with Crippen molar-refractivity contribution in [1.29, 1.82) is 0 Å². The summed E-state index contributed by atoms with van der Waals surface area (Å²) in [5, 5.41) is 1.20. The fourth-order valence-corrected chi connectivity index (χ4v) is 3.02. The molecule has 0 aliphatic carbocycles. The van der Waals surface area contributed by atoms with Gasteiger partial charge in [-0.3, -0.25) is 4.79 Å². The predicted molar refractivity (Wildman–Crippen MR) is 91.4 cm³/mol. The summed E-state index contributed by atoms with van der Waals surface area (Å²) in [7, 11) is 0. The van der Waals surface area contributed by atoms with Crippen molar-refractivity contribution in [3.63, 3.8) is 0 Å². The first kappa shape index (κ1) is 19.2. The molecule has 6 heteroatoms. The number of ether oxygens (including phenoxy) is 1. The van der Waals surface area contributed by atoms with Crippen molar-refractivity contribution >= 4 is 29.3 Å². The van der Waals surface area contributed by atoms with E-state index in [1.54, 1.807) is 0 Å².